The standard InChI is InChI=1S/C25H18BrF3N2O4/c1-35-24(34)19-21(32)18-13-17(15-7-9-16(10-8-15)25(27,28)29)23(33)31(20(18)22(26)30-19)12-11-14-5-3-2-4-6-14/h2-10,13,32H,11-12H2,1H3. The fourth-order valence-corrected chi connectivity index (χ4v) is 4.39. The van der Waals surface area contributed by atoms with Crippen molar-refractivity contribution in [2.24, 2.45) is 0 Å². The molecule has 35 heavy (non-hydrogen) atoms. The van der Waals surface area contributed by atoms with Crippen LogP contribution in [0.15, 0.2) is 70.1 Å². The Bertz CT molecular complexity index is 1470. The fraction of sp³-hybridized carbons (Fsp3) is 0.160. The van der Waals surface area contributed by atoms with Gasteiger partial charge < -0.3 is 14.4 Å². The number of alkyl halides is 3. The summed E-state index contributed by atoms with van der Waals surface area (Å²) in [5, 5.41) is 11.0. The van der Waals surface area contributed by atoms with Crippen LogP contribution in [0.5, 0.6) is 5.75 Å². The SMILES string of the molecule is COC(=O)c1nc(Br)c2c(cc(-c3ccc(C(F)(F)F)cc3)c(=O)n2CCc2ccccc2)c1O. The monoisotopic (exact) mass is 546 g/mol. The Morgan fingerprint density at radius 1 is 1.11 bits per heavy atom. The van der Waals surface area contributed by atoms with Gasteiger partial charge >= 0.3 is 12.1 Å². The highest BCUT2D eigenvalue weighted by atomic mass is 79.9. The number of methoxy groups -OCH3 is 1. The molecule has 0 amide bonds. The van der Waals surface area contributed by atoms with Crippen molar-refractivity contribution >= 4 is 32.8 Å². The molecule has 2 aromatic carbocycles. The summed E-state index contributed by atoms with van der Waals surface area (Å²) in [4.78, 5) is 29.8. The molecule has 0 radical (unpaired) electrons. The highest BCUT2D eigenvalue weighted by Gasteiger charge is 2.30. The number of pyridine rings is 2. The number of fused-ring (bicyclic) bond motifs is 1. The number of hydrogen-bond acceptors (Lipinski definition) is 5. The van der Waals surface area contributed by atoms with Crippen LogP contribution in [0.1, 0.15) is 21.6 Å². The number of carbonyl (C=O) groups excluding carboxylic acids is 1. The van der Waals surface area contributed by atoms with E-state index >= 15 is 0 Å². The Kier molecular flexibility index (Phi) is 6.66. The van der Waals surface area contributed by atoms with Crippen LogP contribution in [0.25, 0.3) is 22.0 Å². The van der Waals surface area contributed by atoms with Crippen LogP contribution >= 0.6 is 15.9 Å². The highest BCUT2D eigenvalue weighted by molar-refractivity contribution is 9.10. The van der Waals surface area contributed by atoms with Crippen molar-refractivity contribution in [3.8, 4) is 16.9 Å². The lowest BCUT2D eigenvalue weighted by atomic mass is 10.0. The molecule has 2 heterocycles. The molecule has 0 aliphatic carbocycles. The lowest BCUT2D eigenvalue weighted by Crippen LogP contribution is -2.24. The summed E-state index contributed by atoms with van der Waals surface area (Å²) in [7, 11) is 1.13. The number of aromatic hydroxyl groups is 1. The number of ether oxygens (including phenoxy) is 1. The lowest BCUT2D eigenvalue weighted by Gasteiger charge is -2.16. The minimum Gasteiger partial charge on any atom is -0.505 e. The first-order valence-corrected chi connectivity index (χ1v) is 11.2. The zero-order valence-electron chi connectivity index (χ0n) is 18.3. The van der Waals surface area contributed by atoms with Gasteiger partial charge in [-0.3, -0.25) is 4.79 Å². The van der Waals surface area contributed by atoms with E-state index in [2.05, 4.69) is 25.7 Å². The van der Waals surface area contributed by atoms with Gasteiger partial charge in [0, 0.05) is 17.5 Å². The Labute approximate surface area is 205 Å². The van der Waals surface area contributed by atoms with Crippen LogP contribution in [-0.2, 0) is 23.9 Å². The fourth-order valence-electron chi connectivity index (χ4n) is 3.78. The topological polar surface area (TPSA) is 81.4 Å². The molecule has 0 spiro atoms. The predicted octanol–water partition coefficient (Wildman–Crippen LogP) is 5.58. The molecule has 0 aliphatic heterocycles. The third-order valence-electron chi connectivity index (χ3n) is 5.54. The summed E-state index contributed by atoms with van der Waals surface area (Å²) in [6.45, 7) is 0.186. The van der Waals surface area contributed by atoms with E-state index in [-0.39, 0.29) is 38.9 Å². The van der Waals surface area contributed by atoms with Gasteiger partial charge in [-0.1, -0.05) is 42.5 Å². The molecule has 0 saturated carbocycles. The molecule has 180 valence electrons. The van der Waals surface area contributed by atoms with Crippen molar-refractivity contribution in [1.82, 2.24) is 9.55 Å². The molecule has 4 aromatic rings. The number of halogens is 4. The van der Waals surface area contributed by atoms with E-state index in [1.165, 1.54) is 22.8 Å². The van der Waals surface area contributed by atoms with Gasteiger partial charge in [0.05, 0.1) is 18.2 Å². The van der Waals surface area contributed by atoms with Gasteiger partial charge in [0.2, 0.25) is 0 Å². The zero-order valence-corrected chi connectivity index (χ0v) is 19.9. The van der Waals surface area contributed by atoms with Gasteiger partial charge in [0.15, 0.2) is 11.4 Å². The minimum atomic E-state index is -4.53. The first kappa shape index (κ1) is 24.5. The number of esters is 1. The molecule has 0 saturated heterocycles. The van der Waals surface area contributed by atoms with Crippen molar-refractivity contribution in [3.63, 3.8) is 0 Å². The van der Waals surface area contributed by atoms with Crippen LogP contribution in [0, 0.1) is 0 Å². The molecular weight excluding hydrogens is 529 g/mol. The van der Waals surface area contributed by atoms with Crippen molar-refractivity contribution in [2.45, 2.75) is 19.1 Å². The highest BCUT2D eigenvalue weighted by Crippen LogP contribution is 2.35. The quantitative estimate of drug-likeness (QED) is 0.261. The average molecular weight is 547 g/mol. The molecule has 0 aliphatic rings. The molecule has 1 N–H and O–H groups in total. The van der Waals surface area contributed by atoms with Gasteiger partial charge in [0.1, 0.15) is 4.60 Å². The molecule has 6 nitrogen and oxygen atoms in total. The van der Waals surface area contributed by atoms with Gasteiger partial charge in [-0.2, -0.15) is 13.2 Å². The second-order valence-corrected chi connectivity index (χ2v) is 8.43. The molecule has 0 atom stereocenters. The second kappa shape index (κ2) is 9.53. The summed E-state index contributed by atoms with van der Waals surface area (Å²) < 4.78 is 45.3. The second-order valence-electron chi connectivity index (χ2n) is 7.68. The molecule has 2 aromatic heterocycles. The van der Waals surface area contributed by atoms with Crippen LogP contribution in [0.2, 0.25) is 0 Å². The van der Waals surface area contributed by atoms with Gasteiger partial charge in [-0.25, -0.2) is 9.78 Å². The zero-order chi connectivity index (χ0) is 25.3. The Hall–Kier alpha value is -3.66. The Balaban J connectivity index is 1.96. The molecule has 0 bridgehead atoms. The van der Waals surface area contributed by atoms with E-state index < -0.39 is 29.0 Å². The number of nitrogens with zero attached hydrogens (tertiary/aromatic N) is 2. The molecule has 10 heteroatoms. The molecule has 0 unspecified atom stereocenters. The maximum Gasteiger partial charge on any atom is 0.416 e. The van der Waals surface area contributed by atoms with E-state index in [0.717, 1.165) is 24.8 Å². The van der Waals surface area contributed by atoms with Gasteiger partial charge in [0.25, 0.3) is 5.56 Å². The maximum atomic E-state index is 13.5. The summed E-state index contributed by atoms with van der Waals surface area (Å²) in [6.07, 6.45) is -4.07. The number of hydrogen-bond donors (Lipinski definition) is 1. The summed E-state index contributed by atoms with van der Waals surface area (Å²) in [5.74, 6) is -1.39. The third kappa shape index (κ3) is 4.79. The first-order valence-electron chi connectivity index (χ1n) is 10.4. The molecule has 0 fully saturated rings. The van der Waals surface area contributed by atoms with Crippen molar-refractivity contribution in [1.29, 1.82) is 0 Å². The van der Waals surface area contributed by atoms with Crippen molar-refractivity contribution in [2.75, 3.05) is 7.11 Å². The average Bonchev–Trinajstić information content (AvgIpc) is 2.85. The van der Waals surface area contributed by atoms with Crippen LogP contribution in [0.4, 0.5) is 13.2 Å². The predicted molar refractivity (Wildman–Crippen MR) is 127 cm³/mol. The number of benzene rings is 2. The van der Waals surface area contributed by atoms with Crippen LogP contribution in [0.3, 0.4) is 0 Å². The lowest BCUT2D eigenvalue weighted by molar-refractivity contribution is -0.137. The largest absolute Gasteiger partial charge is 0.505 e. The molecular formula is C25H18BrF3N2O4. The summed E-state index contributed by atoms with van der Waals surface area (Å²) >= 11 is 3.29. The van der Waals surface area contributed by atoms with E-state index in [1.807, 2.05) is 30.3 Å². The van der Waals surface area contributed by atoms with Crippen molar-refractivity contribution < 1.29 is 27.8 Å². The van der Waals surface area contributed by atoms with Gasteiger partial charge in [-0.05, 0) is 51.7 Å². The first-order chi connectivity index (χ1) is 16.6. The number of aryl methyl sites for hydroxylation is 2. The third-order valence-corrected chi connectivity index (χ3v) is 6.10. The number of carbonyl (C=O) groups is 1. The summed E-state index contributed by atoms with van der Waals surface area (Å²) in [5.41, 5.74) is -0.221. The van der Waals surface area contributed by atoms with E-state index in [0.29, 0.717) is 6.42 Å². The number of aromatic nitrogens is 2. The van der Waals surface area contributed by atoms with Crippen molar-refractivity contribution in [3.05, 3.63) is 92.4 Å². The van der Waals surface area contributed by atoms with E-state index in [9.17, 15) is 27.9 Å². The van der Waals surface area contributed by atoms with E-state index in [4.69, 9.17) is 0 Å². The Morgan fingerprint density at radius 3 is 2.37 bits per heavy atom. The number of rotatable bonds is 5. The summed E-state index contributed by atoms with van der Waals surface area (Å²) in [6, 6.07) is 14.9. The normalized spacial score (nSPS) is 11.6. The van der Waals surface area contributed by atoms with Crippen LogP contribution in [-0.4, -0.2) is 27.7 Å². The molecule has 4 rings (SSSR count). The minimum absolute atomic E-state index is 0.0588. The van der Waals surface area contributed by atoms with E-state index in [1.54, 1.807) is 0 Å². The Morgan fingerprint density at radius 2 is 1.77 bits per heavy atom. The smallest absolute Gasteiger partial charge is 0.416 e. The maximum absolute atomic E-state index is 13.5. The van der Waals surface area contributed by atoms with Gasteiger partial charge in [-0.15, -0.1) is 0 Å². The van der Waals surface area contributed by atoms with Crippen LogP contribution < -0.4 is 5.56 Å².